The number of aliphatic hydroxyl groups excluding tert-OH is 1. The summed E-state index contributed by atoms with van der Waals surface area (Å²) in [4.78, 5) is 31.7. The van der Waals surface area contributed by atoms with Crippen LogP contribution in [0.4, 0.5) is 4.79 Å². The van der Waals surface area contributed by atoms with E-state index in [0.717, 1.165) is 11.0 Å². The number of carbonyl (C=O) groups is 1. The molecule has 2 aromatic heterocycles. The van der Waals surface area contributed by atoms with Gasteiger partial charge in [0, 0.05) is 37.9 Å². The Balaban J connectivity index is 1.66. The summed E-state index contributed by atoms with van der Waals surface area (Å²) < 4.78 is 3.40. The molecule has 3 rings (SSSR count). The first-order chi connectivity index (χ1) is 13.3. The van der Waals surface area contributed by atoms with Gasteiger partial charge in [-0.1, -0.05) is 26.0 Å². The van der Waals surface area contributed by atoms with Crippen molar-refractivity contribution in [3.8, 4) is 0 Å². The third-order valence-corrected chi connectivity index (χ3v) is 4.88. The second-order valence-corrected chi connectivity index (χ2v) is 7.48. The zero-order chi connectivity index (χ0) is 20.3. The molecule has 4 N–H and O–H groups in total. The minimum atomic E-state index is -0.607. The quantitative estimate of drug-likeness (QED) is 0.487. The third kappa shape index (κ3) is 3.94. The summed E-state index contributed by atoms with van der Waals surface area (Å²) in [6.45, 7) is 4.22. The molecular formula is C19H26N6O3. The molecule has 1 unspecified atom stereocenters. The highest BCUT2D eigenvalue weighted by molar-refractivity contribution is 5.75. The Morgan fingerprint density at radius 2 is 2.11 bits per heavy atom. The van der Waals surface area contributed by atoms with E-state index in [4.69, 9.17) is 0 Å². The molecule has 0 fully saturated rings. The molecule has 0 spiro atoms. The van der Waals surface area contributed by atoms with Crippen LogP contribution in [0.15, 0.2) is 41.5 Å². The van der Waals surface area contributed by atoms with E-state index in [0.29, 0.717) is 12.4 Å². The Morgan fingerprint density at radius 3 is 2.79 bits per heavy atom. The molecular weight excluding hydrogens is 360 g/mol. The van der Waals surface area contributed by atoms with Gasteiger partial charge in [-0.2, -0.15) is 0 Å². The van der Waals surface area contributed by atoms with E-state index in [9.17, 15) is 14.7 Å². The number of benzene rings is 1. The van der Waals surface area contributed by atoms with Crippen molar-refractivity contribution in [3.63, 3.8) is 0 Å². The second-order valence-electron chi connectivity index (χ2n) is 7.48. The average molecular weight is 386 g/mol. The van der Waals surface area contributed by atoms with E-state index >= 15 is 0 Å². The molecule has 0 bridgehead atoms. The van der Waals surface area contributed by atoms with Crippen molar-refractivity contribution in [2.45, 2.75) is 26.4 Å². The highest BCUT2D eigenvalue weighted by Crippen LogP contribution is 2.31. The van der Waals surface area contributed by atoms with Crippen LogP contribution in [0.1, 0.15) is 25.7 Å². The number of fused-ring (bicyclic) bond motifs is 1. The number of aromatic amines is 1. The molecule has 0 aliphatic heterocycles. The number of urea groups is 1. The molecule has 0 saturated heterocycles. The van der Waals surface area contributed by atoms with Crippen LogP contribution in [0.2, 0.25) is 0 Å². The molecule has 2 heterocycles. The summed E-state index contributed by atoms with van der Waals surface area (Å²) in [5.74, 6) is 0.655. The fraction of sp³-hybridized carbons (Fsp3) is 0.421. The number of H-pyrrole nitrogens is 1. The maximum Gasteiger partial charge on any atom is 0.326 e. The number of hydrogen-bond donors (Lipinski definition) is 4. The maximum atomic E-state index is 12.5. The molecule has 28 heavy (non-hydrogen) atoms. The largest absolute Gasteiger partial charge is 0.396 e. The summed E-state index contributed by atoms with van der Waals surface area (Å²) >= 11 is 0. The molecule has 150 valence electrons. The van der Waals surface area contributed by atoms with Crippen LogP contribution in [0.3, 0.4) is 0 Å². The van der Waals surface area contributed by atoms with E-state index in [1.54, 1.807) is 17.0 Å². The van der Waals surface area contributed by atoms with Crippen LogP contribution in [0.25, 0.3) is 11.0 Å². The Kier molecular flexibility index (Phi) is 5.55. The maximum absolute atomic E-state index is 12.5. The molecule has 0 saturated carbocycles. The first-order valence-corrected chi connectivity index (χ1v) is 9.13. The SMILES string of the molecule is Cn1ccnc1C(NC(=O)NCCn1c(=O)[nH]c2ccccc21)C(C)(C)CO. The van der Waals surface area contributed by atoms with Crippen molar-refractivity contribution < 1.29 is 9.90 Å². The number of rotatable bonds is 7. The minimum Gasteiger partial charge on any atom is -0.396 e. The first kappa shape index (κ1) is 19.7. The third-order valence-electron chi connectivity index (χ3n) is 4.88. The monoisotopic (exact) mass is 386 g/mol. The molecule has 9 heteroatoms. The van der Waals surface area contributed by atoms with Crippen LogP contribution in [0, 0.1) is 5.41 Å². The van der Waals surface area contributed by atoms with Crippen LogP contribution in [0.5, 0.6) is 0 Å². The fourth-order valence-corrected chi connectivity index (χ4v) is 3.15. The number of imidazole rings is 2. The van der Waals surface area contributed by atoms with Gasteiger partial charge < -0.3 is 25.3 Å². The van der Waals surface area contributed by atoms with Crippen molar-refractivity contribution in [1.29, 1.82) is 0 Å². The van der Waals surface area contributed by atoms with Gasteiger partial charge in [-0.25, -0.2) is 14.6 Å². The Hall–Kier alpha value is -3.07. The van der Waals surface area contributed by atoms with E-state index in [1.807, 2.05) is 49.7 Å². The normalized spacial score (nSPS) is 12.9. The van der Waals surface area contributed by atoms with Crippen molar-refractivity contribution in [3.05, 3.63) is 53.0 Å². The number of aliphatic hydroxyl groups is 1. The summed E-state index contributed by atoms with van der Waals surface area (Å²) in [6, 6.07) is 6.54. The number of amides is 2. The fourth-order valence-electron chi connectivity index (χ4n) is 3.15. The van der Waals surface area contributed by atoms with Crippen LogP contribution in [-0.4, -0.2) is 43.4 Å². The standard InChI is InChI=1S/C19H26N6O3/c1-19(2,12-26)15(16-20-8-10-24(16)3)23-17(27)21-9-11-25-14-7-5-4-6-13(14)22-18(25)28/h4-8,10,15,26H,9,11-12H2,1-3H3,(H,22,28)(H2,21,23,27). The van der Waals surface area contributed by atoms with Crippen molar-refractivity contribution in [2.24, 2.45) is 12.5 Å². The van der Waals surface area contributed by atoms with Gasteiger partial charge >= 0.3 is 11.7 Å². The number of nitrogens with one attached hydrogen (secondary N) is 3. The Bertz CT molecular complexity index is 1020. The lowest BCUT2D eigenvalue weighted by molar-refractivity contribution is 0.113. The summed E-state index contributed by atoms with van der Waals surface area (Å²) in [5.41, 5.74) is 0.735. The average Bonchev–Trinajstić information content (AvgIpc) is 3.22. The second kappa shape index (κ2) is 7.89. The number of nitrogens with zero attached hydrogens (tertiary/aromatic N) is 3. The van der Waals surface area contributed by atoms with Crippen molar-refractivity contribution in [2.75, 3.05) is 13.2 Å². The molecule has 1 aromatic carbocycles. The van der Waals surface area contributed by atoms with E-state index < -0.39 is 11.5 Å². The molecule has 0 aliphatic carbocycles. The summed E-state index contributed by atoms with van der Waals surface area (Å²) in [6.07, 6.45) is 3.44. The highest BCUT2D eigenvalue weighted by Gasteiger charge is 2.34. The van der Waals surface area contributed by atoms with Crippen LogP contribution in [-0.2, 0) is 13.6 Å². The van der Waals surface area contributed by atoms with E-state index in [-0.39, 0.29) is 24.9 Å². The van der Waals surface area contributed by atoms with Gasteiger partial charge in [0.05, 0.1) is 23.7 Å². The zero-order valence-corrected chi connectivity index (χ0v) is 16.3. The lowest BCUT2D eigenvalue weighted by Gasteiger charge is -2.32. The van der Waals surface area contributed by atoms with Crippen LogP contribution < -0.4 is 16.3 Å². The molecule has 0 radical (unpaired) electrons. The summed E-state index contributed by atoms with van der Waals surface area (Å²) in [7, 11) is 1.84. The number of aryl methyl sites for hydroxylation is 1. The molecule has 1 atom stereocenters. The van der Waals surface area contributed by atoms with Gasteiger partial charge in [0.15, 0.2) is 0 Å². The zero-order valence-electron chi connectivity index (χ0n) is 16.3. The predicted octanol–water partition coefficient (Wildman–Crippen LogP) is 1.12. The van der Waals surface area contributed by atoms with Crippen LogP contribution >= 0.6 is 0 Å². The highest BCUT2D eigenvalue weighted by atomic mass is 16.3. The molecule has 3 aromatic rings. The van der Waals surface area contributed by atoms with Gasteiger partial charge in [0.1, 0.15) is 5.82 Å². The van der Waals surface area contributed by atoms with Gasteiger partial charge in [0.25, 0.3) is 0 Å². The van der Waals surface area contributed by atoms with Gasteiger partial charge in [-0.05, 0) is 12.1 Å². The predicted molar refractivity (Wildman–Crippen MR) is 106 cm³/mol. The minimum absolute atomic E-state index is 0.116. The number of carbonyl (C=O) groups excluding carboxylic acids is 1. The molecule has 0 aliphatic rings. The summed E-state index contributed by atoms with van der Waals surface area (Å²) in [5, 5.41) is 15.4. The molecule has 2 amide bonds. The van der Waals surface area contributed by atoms with Gasteiger partial charge in [0.2, 0.25) is 0 Å². The number of para-hydroxylation sites is 2. The smallest absolute Gasteiger partial charge is 0.326 e. The Morgan fingerprint density at radius 1 is 1.36 bits per heavy atom. The number of aromatic nitrogens is 4. The number of hydrogen-bond acceptors (Lipinski definition) is 4. The lowest BCUT2D eigenvalue weighted by Crippen LogP contribution is -2.46. The molecule has 9 nitrogen and oxygen atoms in total. The van der Waals surface area contributed by atoms with Gasteiger partial charge in [-0.15, -0.1) is 0 Å². The topological polar surface area (TPSA) is 117 Å². The van der Waals surface area contributed by atoms with E-state index in [1.165, 1.54) is 0 Å². The first-order valence-electron chi connectivity index (χ1n) is 9.13. The Labute approximate surface area is 162 Å². The van der Waals surface area contributed by atoms with Crippen molar-refractivity contribution in [1.82, 2.24) is 29.7 Å². The van der Waals surface area contributed by atoms with Crippen molar-refractivity contribution >= 4 is 17.1 Å². The van der Waals surface area contributed by atoms with Gasteiger partial charge in [-0.3, -0.25) is 4.57 Å². The lowest BCUT2D eigenvalue weighted by atomic mass is 9.84. The van der Waals surface area contributed by atoms with E-state index in [2.05, 4.69) is 20.6 Å².